The van der Waals surface area contributed by atoms with E-state index in [9.17, 15) is 4.79 Å². The zero-order valence-electron chi connectivity index (χ0n) is 10.3. The van der Waals surface area contributed by atoms with Gasteiger partial charge in [0.1, 0.15) is 0 Å². The number of nitrogens with one attached hydrogen (secondary N) is 1. The highest BCUT2D eigenvalue weighted by Crippen LogP contribution is 2.34. The van der Waals surface area contributed by atoms with E-state index in [4.69, 9.17) is 19.3 Å². The van der Waals surface area contributed by atoms with Gasteiger partial charge in [0.25, 0.3) is 0 Å². The van der Waals surface area contributed by atoms with Gasteiger partial charge in [-0.1, -0.05) is 6.58 Å². The van der Waals surface area contributed by atoms with E-state index in [-0.39, 0.29) is 20.0 Å². The number of aliphatic hydroxyl groups excluding tert-OH is 1. The van der Waals surface area contributed by atoms with Gasteiger partial charge >= 0.3 is 6.09 Å². The molecule has 2 N–H and O–H groups in total. The minimum atomic E-state index is -0.565. The van der Waals surface area contributed by atoms with Crippen LogP contribution in [0.2, 0.25) is 0 Å². The van der Waals surface area contributed by atoms with E-state index in [2.05, 4.69) is 11.9 Å². The Kier molecular flexibility index (Phi) is 4.25. The Bertz CT molecular complexity index is 486. The van der Waals surface area contributed by atoms with Gasteiger partial charge in [0.2, 0.25) is 6.79 Å². The third-order valence-electron chi connectivity index (χ3n) is 2.53. The summed E-state index contributed by atoms with van der Waals surface area (Å²) in [4.78, 5) is 11.5. The van der Waals surface area contributed by atoms with Crippen LogP contribution in [0.15, 0.2) is 30.4 Å². The van der Waals surface area contributed by atoms with E-state index in [0.29, 0.717) is 29.2 Å². The van der Waals surface area contributed by atoms with Crippen molar-refractivity contribution in [2.45, 2.75) is 6.42 Å². The number of carbonyl (C=O) groups is 1. The zero-order valence-corrected chi connectivity index (χ0v) is 10.3. The molecule has 1 amide bonds. The summed E-state index contributed by atoms with van der Waals surface area (Å²) in [5.74, 6) is 1.24. The molecule has 19 heavy (non-hydrogen) atoms. The van der Waals surface area contributed by atoms with E-state index >= 15 is 0 Å². The van der Waals surface area contributed by atoms with Crippen molar-refractivity contribution >= 4 is 11.8 Å². The average molecular weight is 265 g/mol. The van der Waals surface area contributed by atoms with Crippen LogP contribution in [0.25, 0.3) is 0 Å². The molecule has 0 unspecified atom stereocenters. The fourth-order valence-electron chi connectivity index (χ4n) is 1.50. The molecule has 0 bridgehead atoms. The molecule has 6 heteroatoms. The van der Waals surface area contributed by atoms with Crippen molar-refractivity contribution in [1.29, 1.82) is 0 Å². The van der Waals surface area contributed by atoms with Crippen molar-refractivity contribution in [2.24, 2.45) is 0 Å². The minimum Gasteiger partial charge on any atom is -0.454 e. The molecule has 1 aromatic carbocycles. The normalized spacial score (nSPS) is 12.1. The highest BCUT2D eigenvalue weighted by atomic mass is 16.7. The molecule has 0 aliphatic carbocycles. The van der Waals surface area contributed by atoms with Gasteiger partial charge in [0.05, 0.1) is 13.2 Å². The molecule has 1 aromatic rings. The zero-order chi connectivity index (χ0) is 13.7. The Morgan fingerprint density at radius 2 is 2.21 bits per heavy atom. The summed E-state index contributed by atoms with van der Waals surface area (Å²) in [5.41, 5.74) is 1.19. The monoisotopic (exact) mass is 265 g/mol. The van der Waals surface area contributed by atoms with Gasteiger partial charge in [-0.25, -0.2) is 4.79 Å². The first-order valence-electron chi connectivity index (χ1n) is 5.80. The van der Waals surface area contributed by atoms with Crippen molar-refractivity contribution in [3.63, 3.8) is 0 Å². The van der Waals surface area contributed by atoms with Gasteiger partial charge in [-0.15, -0.1) is 0 Å². The first-order chi connectivity index (χ1) is 9.19. The van der Waals surface area contributed by atoms with Crippen molar-refractivity contribution in [3.8, 4) is 11.5 Å². The fourth-order valence-corrected chi connectivity index (χ4v) is 1.50. The number of hydrogen-bond acceptors (Lipinski definition) is 5. The molecule has 1 aliphatic rings. The molecular formula is C13H15NO5. The molecule has 0 radical (unpaired) electrons. The summed E-state index contributed by atoms with van der Waals surface area (Å²) in [7, 11) is 0. The van der Waals surface area contributed by atoms with E-state index in [0.717, 1.165) is 0 Å². The lowest BCUT2D eigenvalue weighted by Crippen LogP contribution is -2.14. The lowest BCUT2D eigenvalue weighted by atomic mass is 10.2. The van der Waals surface area contributed by atoms with Crippen LogP contribution in [0.1, 0.15) is 6.42 Å². The van der Waals surface area contributed by atoms with Crippen LogP contribution in [0.5, 0.6) is 11.5 Å². The lowest BCUT2D eigenvalue weighted by Gasteiger charge is -2.07. The molecular weight excluding hydrogens is 250 g/mol. The topological polar surface area (TPSA) is 77.0 Å². The summed E-state index contributed by atoms with van der Waals surface area (Å²) in [6, 6.07) is 5.07. The van der Waals surface area contributed by atoms with Crippen LogP contribution in [0.4, 0.5) is 10.5 Å². The van der Waals surface area contributed by atoms with Crippen molar-refractivity contribution in [3.05, 3.63) is 30.4 Å². The maximum absolute atomic E-state index is 11.5. The fraction of sp³-hybridized carbons (Fsp3) is 0.308. The first kappa shape index (κ1) is 13.2. The molecule has 0 aromatic heterocycles. The summed E-state index contributed by atoms with van der Waals surface area (Å²) >= 11 is 0. The molecule has 0 saturated carbocycles. The summed E-state index contributed by atoms with van der Waals surface area (Å²) in [6.45, 7) is 3.86. The lowest BCUT2D eigenvalue weighted by molar-refractivity contribution is 0.161. The van der Waals surface area contributed by atoms with Gasteiger partial charge in [-0.2, -0.15) is 0 Å². The van der Waals surface area contributed by atoms with E-state index in [1.54, 1.807) is 18.2 Å². The minimum absolute atomic E-state index is 0.104. The number of ether oxygens (including phenoxy) is 3. The number of hydrogen-bond donors (Lipinski definition) is 2. The van der Waals surface area contributed by atoms with Gasteiger partial charge in [0.15, 0.2) is 11.5 Å². The molecule has 1 aliphatic heterocycles. The smallest absolute Gasteiger partial charge is 0.411 e. The molecule has 2 rings (SSSR count). The number of carbonyl (C=O) groups excluding carboxylic acids is 1. The Balaban J connectivity index is 1.80. The Hall–Kier alpha value is -2.21. The number of rotatable bonds is 5. The first-order valence-corrected chi connectivity index (χ1v) is 5.80. The largest absolute Gasteiger partial charge is 0.454 e. The Morgan fingerprint density at radius 1 is 1.42 bits per heavy atom. The quantitative estimate of drug-likeness (QED) is 0.795. The highest BCUT2D eigenvalue weighted by Gasteiger charge is 2.14. The second-order valence-electron chi connectivity index (χ2n) is 3.99. The number of anilines is 1. The predicted octanol–water partition coefficient (Wildman–Crippen LogP) is 1.90. The summed E-state index contributed by atoms with van der Waals surface area (Å²) in [5, 5.41) is 11.3. The highest BCUT2D eigenvalue weighted by molar-refractivity contribution is 5.85. The molecule has 0 spiro atoms. The van der Waals surface area contributed by atoms with Crippen LogP contribution in [-0.4, -0.2) is 31.2 Å². The van der Waals surface area contributed by atoms with Crippen LogP contribution in [0.3, 0.4) is 0 Å². The second kappa shape index (κ2) is 6.10. The van der Waals surface area contributed by atoms with E-state index in [1.165, 1.54) is 0 Å². The van der Waals surface area contributed by atoms with Gasteiger partial charge in [-0.05, 0) is 17.7 Å². The Morgan fingerprint density at radius 3 is 3.00 bits per heavy atom. The van der Waals surface area contributed by atoms with Crippen LogP contribution in [-0.2, 0) is 4.74 Å². The Labute approximate surface area is 110 Å². The van der Waals surface area contributed by atoms with Crippen molar-refractivity contribution < 1.29 is 24.1 Å². The predicted molar refractivity (Wildman–Crippen MR) is 68.4 cm³/mol. The standard InChI is InChI=1S/C13H15NO5/c1-9(7-15)4-5-17-13(16)14-10-2-3-11-12(6-10)19-8-18-11/h2-3,6,15H,1,4-5,7-8H2,(H,14,16). The van der Waals surface area contributed by atoms with Gasteiger partial charge in [0, 0.05) is 18.2 Å². The average Bonchev–Trinajstić information content (AvgIpc) is 2.85. The summed E-state index contributed by atoms with van der Waals surface area (Å²) < 4.78 is 15.3. The maximum Gasteiger partial charge on any atom is 0.411 e. The molecule has 0 saturated heterocycles. The van der Waals surface area contributed by atoms with Crippen LogP contribution in [0, 0.1) is 0 Å². The third-order valence-corrected chi connectivity index (χ3v) is 2.53. The van der Waals surface area contributed by atoms with Gasteiger partial charge in [-0.3, -0.25) is 5.32 Å². The van der Waals surface area contributed by atoms with Gasteiger partial charge < -0.3 is 19.3 Å². The summed E-state index contributed by atoms with van der Waals surface area (Å²) in [6.07, 6.45) is -0.130. The van der Waals surface area contributed by atoms with Crippen LogP contribution >= 0.6 is 0 Å². The molecule has 6 nitrogen and oxygen atoms in total. The van der Waals surface area contributed by atoms with E-state index in [1.807, 2.05) is 0 Å². The number of aliphatic hydroxyl groups is 1. The molecule has 0 atom stereocenters. The SMILES string of the molecule is C=C(CO)CCOC(=O)Nc1ccc2c(c1)OCO2. The third kappa shape index (κ3) is 3.62. The van der Waals surface area contributed by atoms with Crippen molar-refractivity contribution in [1.82, 2.24) is 0 Å². The van der Waals surface area contributed by atoms with Crippen molar-refractivity contribution in [2.75, 3.05) is 25.3 Å². The number of fused-ring (bicyclic) bond motifs is 1. The maximum atomic E-state index is 11.5. The van der Waals surface area contributed by atoms with E-state index < -0.39 is 6.09 Å². The molecule has 102 valence electrons. The molecule has 0 fully saturated rings. The number of amides is 1. The number of benzene rings is 1. The second-order valence-corrected chi connectivity index (χ2v) is 3.99. The van der Waals surface area contributed by atoms with Crippen LogP contribution < -0.4 is 14.8 Å². The molecule has 1 heterocycles.